The number of benzene rings is 1. The predicted octanol–water partition coefficient (Wildman–Crippen LogP) is 2.12. The molecule has 2 rings (SSSR count). The van der Waals surface area contributed by atoms with E-state index >= 15 is 0 Å². The van der Waals surface area contributed by atoms with E-state index in [1.807, 2.05) is 0 Å². The first-order chi connectivity index (χ1) is 11.0. The summed E-state index contributed by atoms with van der Waals surface area (Å²) < 4.78 is 0. The molecule has 1 amide bonds. The molecule has 0 saturated heterocycles. The van der Waals surface area contributed by atoms with Gasteiger partial charge in [-0.05, 0) is 55.4 Å². The van der Waals surface area contributed by atoms with Crippen LogP contribution in [0.1, 0.15) is 31.2 Å². The molecule has 0 radical (unpaired) electrons. The van der Waals surface area contributed by atoms with Gasteiger partial charge < -0.3 is 20.6 Å². The van der Waals surface area contributed by atoms with Crippen molar-refractivity contribution in [3.05, 3.63) is 29.8 Å². The van der Waals surface area contributed by atoms with Crippen LogP contribution in [-0.2, 0) is 9.59 Å². The summed E-state index contributed by atoms with van der Waals surface area (Å²) in [7, 11) is 0. The van der Waals surface area contributed by atoms with Gasteiger partial charge in [0.2, 0.25) is 5.91 Å². The Kier molecular flexibility index (Phi) is 5.62. The van der Waals surface area contributed by atoms with E-state index in [9.17, 15) is 19.8 Å². The van der Waals surface area contributed by atoms with Crippen LogP contribution >= 0.6 is 0 Å². The van der Waals surface area contributed by atoms with Crippen LogP contribution in [0.4, 0.5) is 0 Å². The van der Waals surface area contributed by atoms with E-state index in [2.05, 4.69) is 5.32 Å². The second-order valence-electron chi connectivity index (χ2n) is 5.88. The highest BCUT2D eigenvalue weighted by molar-refractivity contribution is 5.91. The number of amides is 1. The lowest BCUT2D eigenvalue weighted by atomic mass is 9.82. The van der Waals surface area contributed by atoms with Gasteiger partial charge in [0.25, 0.3) is 0 Å². The van der Waals surface area contributed by atoms with Crippen LogP contribution in [0.3, 0.4) is 0 Å². The zero-order valence-electron chi connectivity index (χ0n) is 12.7. The van der Waals surface area contributed by atoms with E-state index in [4.69, 9.17) is 5.11 Å². The number of carbonyl (C=O) groups is 2. The van der Waals surface area contributed by atoms with Crippen LogP contribution < -0.4 is 5.32 Å². The second kappa shape index (κ2) is 7.67. The molecule has 0 unspecified atom stereocenters. The molecule has 0 spiro atoms. The molecule has 1 aliphatic carbocycles. The minimum absolute atomic E-state index is 0.205. The lowest BCUT2D eigenvalue weighted by molar-refractivity contribution is -0.143. The average molecular weight is 319 g/mol. The third-order valence-corrected chi connectivity index (χ3v) is 4.19. The van der Waals surface area contributed by atoms with Gasteiger partial charge in [-0.1, -0.05) is 6.07 Å². The van der Waals surface area contributed by atoms with Gasteiger partial charge in [0.15, 0.2) is 11.5 Å². The highest BCUT2D eigenvalue weighted by atomic mass is 16.4. The van der Waals surface area contributed by atoms with Crippen molar-refractivity contribution in [2.24, 2.45) is 11.8 Å². The minimum Gasteiger partial charge on any atom is -0.504 e. The molecule has 0 aromatic heterocycles. The van der Waals surface area contributed by atoms with Gasteiger partial charge in [0.05, 0.1) is 5.92 Å². The van der Waals surface area contributed by atoms with Crippen LogP contribution in [0.15, 0.2) is 24.3 Å². The first-order valence-corrected chi connectivity index (χ1v) is 7.66. The van der Waals surface area contributed by atoms with Crippen molar-refractivity contribution in [2.75, 3.05) is 6.54 Å². The second-order valence-corrected chi connectivity index (χ2v) is 5.88. The SMILES string of the molecule is O=C(C=Cc1ccc(O)c(O)c1)NCC1CCC(C(=O)O)CC1. The Labute approximate surface area is 134 Å². The lowest BCUT2D eigenvalue weighted by Gasteiger charge is -2.25. The third kappa shape index (κ3) is 5.02. The molecule has 124 valence electrons. The number of phenols is 2. The van der Waals surface area contributed by atoms with Crippen molar-refractivity contribution in [1.29, 1.82) is 0 Å². The van der Waals surface area contributed by atoms with E-state index < -0.39 is 5.97 Å². The van der Waals surface area contributed by atoms with E-state index in [0.29, 0.717) is 30.9 Å². The number of phenolic OH excluding ortho intramolecular Hbond substituents is 2. The van der Waals surface area contributed by atoms with Crippen molar-refractivity contribution in [1.82, 2.24) is 5.32 Å². The fraction of sp³-hybridized carbons (Fsp3) is 0.412. The number of aromatic hydroxyl groups is 2. The van der Waals surface area contributed by atoms with Gasteiger partial charge >= 0.3 is 5.97 Å². The largest absolute Gasteiger partial charge is 0.504 e. The van der Waals surface area contributed by atoms with Gasteiger partial charge in [-0.2, -0.15) is 0 Å². The highest BCUT2D eigenvalue weighted by Gasteiger charge is 2.25. The van der Waals surface area contributed by atoms with Crippen LogP contribution in [0.25, 0.3) is 6.08 Å². The maximum Gasteiger partial charge on any atom is 0.306 e. The van der Waals surface area contributed by atoms with E-state index in [0.717, 1.165) is 12.8 Å². The van der Waals surface area contributed by atoms with Crippen molar-refractivity contribution in [3.8, 4) is 11.5 Å². The van der Waals surface area contributed by atoms with Gasteiger partial charge in [-0.15, -0.1) is 0 Å². The molecule has 23 heavy (non-hydrogen) atoms. The monoisotopic (exact) mass is 319 g/mol. The summed E-state index contributed by atoms with van der Waals surface area (Å²) in [5.41, 5.74) is 0.609. The molecule has 1 fully saturated rings. The lowest BCUT2D eigenvalue weighted by Crippen LogP contribution is -2.31. The standard InChI is InChI=1S/C17H21NO5/c19-14-7-3-11(9-15(14)20)4-8-16(21)18-10-12-1-5-13(6-2-12)17(22)23/h3-4,7-9,12-13,19-20H,1-2,5-6,10H2,(H,18,21)(H,22,23). The highest BCUT2D eigenvalue weighted by Crippen LogP contribution is 2.28. The molecule has 4 N–H and O–H groups in total. The Balaban J connectivity index is 1.76. The molecule has 1 aromatic rings. The van der Waals surface area contributed by atoms with Gasteiger partial charge in [0, 0.05) is 12.6 Å². The molecule has 0 heterocycles. The van der Waals surface area contributed by atoms with E-state index in [1.165, 1.54) is 18.2 Å². The zero-order chi connectivity index (χ0) is 16.8. The molecule has 6 nitrogen and oxygen atoms in total. The van der Waals surface area contributed by atoms with Gasteiger partial charge in [-0.25, -0.2) is 0 Å². The Hall–Kier alpha value is -2.50. The third-order valence-electron chi connectivity index (χ3n) is 4.19. The molecule has 6 heteroatoms. The number of rotatable bonds is 5. The molecule has 1 aromatic carbocycles. The molecular formula is C17H21NO5. The first-order valence-electron chi connectivity index (χ1n) is 7.66. The number of nitrogens with one attached hydrogen (secondary N) is 1. The topological polar surface area (TPSA) is 107 Å². The summed E-state index contributed by atoms with van der Waals surface area (Å²) in [5, 5.41) is 30.3. The van der Waals surface area contributed by atoms with Crippen molar-refractivity contribution in [2.45, 2.75) is 25.7 Å². The molecule has 1 aliphatic rings. The van der Waals surface area contributed by atoms with Gasteiger partial charge in [-0.3, -0.25) is 9.59 Å². The summed E-state index contributed by atoms with van der Waals surface area (Å²) in [6.07, 6.45) is 5.88. The normalized spacial score (nSPS) is 21.2. The van der Waals surface area contributed by atoms with Crippen molar-refractivity contribution < 1.29 is 24.9 Å². The van der Waals surface area contributed by atoms with E-state index in [1.54, 1.807) is 12.1 Å². The Morgan fingerprint density at radius 3 is 2.43 bits per heavy atom. The van der Waals surface area contributed by atoms with E-state index in [-0.39, 0.29) is 23.3 Å². The van der Waals surface area contributed by atoms with Crippen LogP contribution in [0.2, 0.25) is 0 Å². The Morgan fingerprint density at radius 2 is 1.83 bits per heavy atom. The fourth-order valence-electron chi connectivity index (χ4n) is 2.73. The van der Waals surface area contributed by atoms with Crippen LogP contribution in [-0.4, -0.2) is 33.7 Å². The molecule has 0 atom stereocenters. The number of carboxylic acid groups (broad SMARTS) is 1. The maximum absolute atomic E-state index is 11.8. The number of carbonyl (C=O) groups excluding carboxylic acids is 1. The minimum atomic E-state index is -0.729. The quantitative estimate of drug-likeness (QED) is 0.491. The van der Waals surface area contributed by atoms with Crippen LogP contribution in [0.5, 0.6) is 11.5 Å². The number of carboxylic acids is 1. The average Bonchev–Trinajstić information content (AvgIpc) is 2.54. The maximum atomic E-state index is 11.8. The molecule has 0 bridgehead atoms. The van der Waals surface area contributed by atoms with Crippen molar-refractivity contribution in [3.63, 3.8) is 0 Å². The number of hydrogen-bond donors (Lipinski definition) is 4. The first kappa shape index (κ1) is 16.9. The summed E-state index contributed by atoms with van der Waals surface area (Å²) in [5.74, 6) is -1.33. The summed E-state index contributed by atoms with van der Waals surface area (Å²) in [6.45, 7) is 0.538. The summed E-state index contributed by atoms with van der Waals surface area (Å²) in [4.78, 5) is 22.7. The molecule has 0 aliphatic heterocycles. The molecular weight excluding hydrogens is 298 g/mol. The predicted molar refractivity (Wildman–Crippen MR) is 84.9 cm³/mol. The Morgan fingerprint density at radius 1 is 1.13 bits per heavy atom. The van der Waals surface area contributed by atoms with Crippen LogP contribution in [0, 0.1) is 11.8 Å². The Bertz CT molecular complexity index is 603. The molecule has 1 saturated carbocycles. The van der Waals surface area contributed by atoms with Gasteiger partial charge in [0.1, 0.15) is 0 Å². The number of aliphatic carboxylic acids is 1. The summed E-state index contributed by atoms with van der Waals surface area (Å²) >= 11 is 0. The smallest absolute Gasteiger partial charge is 0.306 e. The zero-order valence-corrected chi connectivity index (χ0v) is 12.7. The summed E-state index contributed by atoms with van der Waals surface area (Å²) in [6, 6.07) is 4.31. The van der Waals surface area contributed by atoms with Crippen molar-refractivity contribution >= 4 is 18.0 Å². The number of hydrogen-bond acceptors (Lipinski definition) is 4. The fourth-order valence-corrected chi connectivity index (χ4v) is 2.73.